The Morgan fingerprint density at radius 1 is 1.47 bits per heavy atom. The van der Waals surface area contributed by atoms with Gasteiger partial charge in [0.05, 0.1) is 6.61 Å². The van der Waals surface area contributed by atoms with E-state index in [1.165, 1.54) is 6.07 Å². The van der Waals surface area contributed by atoms with Crippen LogP contribution < -0.4 is 0 Å². The highest BCUT2D eigenvalue weighted by atomic mass is 79.9. The summed E-state index contributed by atoms with van der Waals surface area (Å²) in [7, 11) is 3.61. The molecule has 0 spiro atoms. The number of benzene rings is 1. The fourth-order valence-electron chi connectivity index (χ4n) is 1.27. The molecule has 0 heterocycles. The van der Waals surface area contributed by atoms with Crippen LogP contribution in [0.15, 0.2) is 22.7 Å². The number of methoxy groups -OCH3 is 1. The first-order chi connectivity index (χ1) is 7.13. The smallest absolute Gasteiger partial charge is 0.128 e. The lowest BCUT2D eigenvalue weighted by Crippen LogP contribution is -2.22. The molecule has 84 valence electrons. The summed E-state index contributed by atoms with van der Waals surface area (Å²) >= 11 is 3.23. The van der Waals surface area contributed by atoms with Gasteiger partial charge < -0.3 is 4.74 Å². The highest BCUT2D eigenvalue weighted by Gasteiger charge is 2.05. The first-order valence-electron chi connectivity index (χ1n) is 4.75. The van der Waals surface area contributed by atoms with Gasteiger partial charge in [0.2, 0.25) is 0 Å². The molecule has 1 aromatic carbocycles. The Labute approximate surface area is 98.2 Å². The molecule has 0 aliphatic carbocycles. The highest BCUT2D eigenvalue weighted by Crippen LogP contribution is 2.16. The van der Waals surface area contributed by atoms with Crippen molar-refractivity contribution in [2.45, 2.75) is 6.54 Å². The average Bonchev–Trinajstić information content (AvgIpc) is 2.19. The van der Waals surface area contributed by atoms with E-state index in [2.05, 4.69) is 15.9 Å². The van der Waals surface area contributed by atoms with Crippen molar-refractivity contribution < 1.29 is 9.13 Å². The number of nitrogens with zero attached hydrogens (tertiary/aromatic N) is 1. The first kappa shape index (κ1) is 12.6. The second-order valence-corrected chi connectivity index (χ2v) is 4.38. The van der Waals surface area contributed by atoms with Gasteiger partial charge in [-0.25, -0.2) is 4.39 Å². The van der Waals surface area contributed by atoms with Crippen LogP contribution in [0.25, 0.3) is 0 Å². The van der Waals surface area contributed by atoms with Crippen LogP contribution in [0.5, 0.6) is 0 Å². The van der Waals surface area contributed by atoms with E-state index in [0.717, 1.165) is 11.0 Å². The Bertz CT molecular complexity index is 319. The van der Waals surface area contributed by atoms with Crippen LogP contribution in [-0.2, 0) is 11.3 Å². The van der Waals surface area contributed by atoms with Crippen LogP contribution in [0.2, 0.25) is 0 Å². The van der Waals surface area contributed by atoms with Crippen molar-refractivity contribution in [1.82, 2.24) is 4.90 Å². The minimum atomic E-state index is -0.173. The summed E-state index contributed by atoms with van der Waals surface area (Å²) in [6.07, 6.45) is 0. The lowest BCUT2D eigenvalue weighted by atomic mass is 10.2. The van der Waals surface area contributed by atoms with Gasteiger partial charge in [-0.05, 0) is 19.2 Å². The van der Waals surface area contributed by atoms with E-state index in [0.29, 0.717) is 18.7 Å². The summed E-state index contributed by atoms with van der Waals surface area (Å²) in [5.74, 6) is -0.173. The molecule has 0 saturated carbocycles. The monoisotopic (exact) mass is 275 g/mol. The third-order valence-corrected chi connectivity index (χ3v) is 2.63. The lowest BCUT2D eigenvalue weighted by Gasteiger charge is -2.16. The van der Waals surface area contributed by atoms with E-state index in [-0.39, 0.29) is 5.82 Å². The van der Waals surface area contributed by atoms with E-state index in [9.17, 15) is 4.39 Å². The van der Waals surface area contributed by atoms with Gasteiger partial charge in [0.1, 0.15) is 5.82 Å². The summed E-state index contributed by atoms with van der Waals surface area (Å²) in [6, 6.07) is 5.13. The van der Waals surface area contributed by atoms with Gasteiger partial charge in [-0.15, -0.1) is 0 Å². The number of rotatable bonds is 5. The summed E-state index contributed by atoms with van der Waals surface area (Å²) < 4.78 is 19.2. The first-order valence-corrected chi connectivity index (χ1v) is 5.54. The average molecular weight is 276 g/mol. The van der Waals surface area contributed by atoms with Crippen LogP contribution in [0.3, 0.4) is 0 Å². The van der Waals surface area contributed by atoms with Gasteiger partial charge in [0.15, 0.2) is 0 Å². The summed E-state index contributed by atoms with van der Waals surface area (Å²) in [6.45, 7) is 2.06. The number of hydrogen-bond donors (Lipinski definition) is 0. The maximum atomic E-state index is 13.4. The predicted octanol–water partition coefficient (Wildman–Crippen LogP) is 2.67. The van der Waals surface area contributed by atoms with Crippen LogP contribution >= 0.6 is 15.9 Å². The minimum Gasteiger partial charge on any atom is -0.383 e. The number of ether oxygens (including phenoxy) is 1. The Balaban J connectivity index is 2.56. The van der Waals surface area contributed by atoms with Crippen LogP contribution in [-0.4, -0.2) is 32.2 Å². The zero-order valence-corrected chi connectivity index (χ0v) is 10.6. The van der Waals surface area contributed by atoms with Gasteiger partial charge >= 0.3 is 0 Å². The topological polar surface area (TPSA) is 12.5 Å². The fraction of sp³-hybridized carbons (Fsp3) is 0.455. The standard InChI is InChI=1S/C11H15BrFNO/c1-14(5-6-15-2)8-9-3-4-10(12)7-11(9)13/h3-4,7H,5-6,8H2,1-2H3. The zero-order valence-electron chi connectivity index (χ0n) is 8.96. The molecule has 15 heavy (non-hydrogen) atoms. The van der Waals surface area contributed by atoms with Gasteiger partial charge in [0.25, 0.3) is 0 Å². The second-order valence-electron chi connectivity index (χ2n) is 3.47. The molecule has 0 aliphatic heterocycles. The molecule has 0 amide bonds. The molecule has 0 unspecified atom stereocenters. The molecule has 4 heteroatoms. The van der Waals surface area contributed by atoms with Crippen LogP contribution in [0.4, 0.5) is 4.39 Å². The molecule has 0 N–H and O–H groups in total. The molecule has 0 atom stereocenters. The molecule has 2 nitrogen and oxygen atoms in total. The van der Waals surface area contributed by atoms with Gasteiger partial charge in [0, 0.05) is 30.2 Å². The van der Waals surface area contributed by atoms with Gasteiger partial charge in [-0.3, -0.25) is 4.90 Å². The third-order valence-electron chi connectivity index (χ3n) is 2.13. The fourth-order valence-corrected chi connectivity index (χ4v) is 1.60. The Morgan fingerprint density at radius 2 is 2.20 bits per heavy atom. The van der Waals surface area contributed by atoms with Crippen molar-refractivity contribution in [3.05, 3.63) is 34.1 Å². The molecule has 0 bridgehead atoms. The van der Waals surface area contributed by atoms with E-state index >= 15 is 0 Å². The van der Waals surface area contributed by atoms with Crippen molar-refractivity contribution in [3.63, 3.8) is 0 Å². The summed E-state index contributed by atoms with van der Waals surface area (Å²) in [4.78, 5) is 2.02. The van der Waals surface area contributed by atoms with E-state index in [1.54, 1.807) is 13.2 Å². The normalized spacial score (nSPS) is 11.0. The minimum absolute atomic E-state index is 0.173. The molecule has 0 saturated heterocycles. The third kappa shape index (κ3) is 4.28. The van der Waals surface area contributed by atoms with E-state index in [4.69, 9.17) is 4.74 Å². The van der Waals surface area contributed by atoms with Crippen molar-refractivity contribution in [2.24, 2.45) is 0 Å². The zero-order chi connectivity index (χ0) is 11.3. The Kier molecular flexibility index (Phi) is 5.22. The van der Waals surface area contributed by atoms with E-state index in [1.807, 2.05) is 18.0 Å². The van der Waals surface area contributed by atoms with Crippen molar-refractivity contribution in [3.8, 4) is 0 Å². The molecule has 0 aromatic heterocycles. The van der Waals surface area contributed by atoms with Crippen molar-refractivity contribution in [2.75, 3.05) is 27.3 Å². The number of likely N-dealkylation sites (N-methyl/N-ethyl adjacent to an activating group) is 1. The van der Waals surface area contributed by atoms with E-state index < -0.39 is 0 Å². The molecule has 0 aliphatic rings. The van der Waals surface area contributed by atoms with Crippen molar-refractivity contribution in [1.29, 1.82) is 0 Å². The maximum Gasteiger partial charge on any atom is 0.128 e. The largest absolute Gasteiger partial charge is 0.383 e. The SMILES string of the molecule is COCCN(C)Cc1ccc(Br)cc1F. The van der Waals surface area contributed by atoms with Gasteiger partial charge in [-0.1, -0.05) is 22.0 Å². The lowest BCUT2D eigenvalue weighted by molar-refractivity contribution is 0.158. The Morgan fingerprint density at radius 3 is 2.80 bits per heavy atom. The quantitative estimate of drug-likeness (QED) is 0.819. The number of halogens is 2. The predicted molar refractivity (Wildman–Crippen MR) is 62.3 cm³/mol. The van der Waals surface area contributed by atoms with Crippen LogP contribution in [0, 0.1) is 5.82 Å². The molecular formula is C11H15BrFNO. The molecular weight excluding hydrogens is 261 g/mol. The van der Waals surface area contributed by atoms with Crippen LogP contribution in [0.1, 0.15) is 5.56 Å². The molecule has 1 rings (SSSR count). The Hall–Kier alpha value is -0.450. The van der Waals surface area contributed by atoms with Gasteiger partial charge in [-0.2, -0.15) is 0 Å². The molecule has 0 fully saturated rings. The summed E-state index contributed by atoms with van der Waals surface area (Å²) in [5, 5.41) is 0. The van der Waals surface area contributed by atoms with Crippen molar-refractivity contribution >= 4 is 15.9 Å². The highest BCUT2D eigenvalue weighted by molar-refractivity contribution is 9.10. The molecule has 1 aromatic rings. The maximum absolute atomic E-state index is 13.4. The second kappa shape index (κ2) is 6.20. The number of hydrogen-bond acceptors (Lipinski definition) is 2. The molecule has 0 radical (unpaired) electrons. The summed E-state index contributed by atoms with van der Waals surface area (Å²) in [5.41, 5.74) is 0.705.